The number of rotatable bonds is 1. The molecule has 5 unspecified atom stereocenters. The third kappa shape index (κ3) is 2.60. The van der Waals surface area contributed by atoms with Gasteiger partial charge in [-0.25, -0.2) is 4.79 Å². The van der Waals surface area contributed by atoms with Crippen molar-refractivity contribution < 1.29 is 23.9 Å². The second-order valence-electron chi connectivity index (χ2n) is 8.53. The predicted octanol–water partition coefficient (Wildman–Crippen LogP) is 2.40. The highest BCUT2D eigenvalue weighted by Crippen LogP contribution is 2.64. The number of fused-ring (bicyclic) bond motifs is 2. The summed E-state index contributed by atoms with van der Waals surface area (Å²) in [5.41, 5.74) is -0.865. The Balaban J connectivity index is 1.79. The van der Waals surface area contributed by atoms with E-state index in [1.807, 2.05) is 27.7 Å². The van der Waals surface area contributed by atoms with E-state index >= 15 is 0 Å². The van der Waals surface area contributed by atoms with Crippen molar-refractivity contribution >= 4 is 17.8 Å². The monoisotopic (exact) mass is 337 g/mol. The number of Topliss-reactive ketones (excluding diaryl/α,β-unsaturated/α-hetero) is 1. The maximum atomic E-state index is 12.5. The summed E-state index contributed by atoms with van der Waals surface area (Å²) in [5.74, 6) is -1.02. The Kier molecular flexibility index (Phi) is 3.92. The summed E-state index contributed by atoms with van der Waals surface area (Å²) in [4.78, 5) is 39.0. The molecule has 1 aliphatic heterocycles. The molecule has 2 saturated carbocycles. The lowest BCUT2D eigenvalue weighted by molar-refractivity contribution is -0.154. The van der Waals surface area contributed by atoms with Crippen LogP contribution in [-0.2, 0) is 19.1 Å². The van der Waals surface area contributed by atoms with Crippen molar-refractivity contribution in [2.75, 3.05) is 13.7 Å². The molecule has 0 aromatic carbocycles. The average Bonchev–Trinajstić information content (AvgIpc) is 3.22. The minimum absolute atomic E-state index is 0.00165. The summed E-state index contributed by atoms with van der Waals surface area (Å²) in [5, 5.41) is 0. The van der Waals surface area contributed by atoms with E-state index in [2.05, 4.69) is 0 Å². The second kappa shape index (κ2) is 5.46. The number of ether oxygens (including phenoxy) is 2. The van der Waals surface area contributed by atoms with E-state index < -0.39 is 17.5 Å². The molecule has 0 radical (unpaired) electrons. The Bertz CT molecular complexity index is 580. The molecule has 1 spiro atoms. The molecule has 0 aromatic heterocycles. The smallest absolute Gasteiger partial charge is 0.410 e. The molecule has 3 aliphatic rings. The SMILES string of the molecule is COC(=O)C1C(=O)C(C)CC12CCN(C(=O)OC(C)(C)C)C1CC12. The number of carbonyl (C=O) groups is 3. The quantitative estimate of drug-likeness (QED) is 0.543. The molecule has 6 nitrogen and oxygen atoms in total. The number of piperidine rings is 1. The predicted molar refractivity (Wildman–Crippen MR) is 86.2 cm³/mol. The van der Waals surface area contributed by atoms with Crippen LogP contribution >= 0.6 is 0 Å². The number of esters is 1. The van der Waals surface area contributed by atoms with Gasteiger partial charge in [-0.1, -0.05) is 6.92 Å². The third-order valence-corrected chi connectivity index (χ3v) is 5.81. The first kappa shape index (κ1) is 17.2. The zero-order chi connectivity index (χ0) is 17.9. The Hall–Kier alpha value is -1.59. The molecule has 24 heavy (non-hydrogen) atoms. The van der Waals surface area contributed by atoms with Gasteiger partial charge in [-0.3, -0.25) is 9.59 Å². The van der Waals surface area contributed by atoms with E-state index in [0.717, 1.165) is 12.8 Å². The summed E-state index contributed by atoms with van der Waals surface area (Å²) in [6.07, 6.45) is 1.92. The Morgan fingerprint density at radius 2 is 1.96 bits per heavy atom. The molecule has 134 valence electrons. The van der Waals surface area contributed by atoms with E-state index in [1.165, 1.54) is 7.11 Å². The van der Waals surface area contributed by atoms with Gasteiger partial charge in [0.2, 0.25) is 0 Å². The van der Waals surface area contributed by atoms with Gasteiger partial charge in [-0.05, 0) is 51.4 Å². The number of ketones is 1. The average molecular weight is 337 g/mol. The van der Waals surface area contributed by atoms with Gasteiger partial charge in [0, 0.05) is 18.5 Å². The van der Waals surface area contributed by atoms with Gasteiger partial charge in [0.25, 0.3) is 0 Å². The molecule has 6 heteroatoms. The zero-order valence-electron chi connectivity index (χ0n) is 15.1. The van der Waals surface area contributed by atoms with Gasteiger partial charge in [-0.2, -0.15) is 0 Å². The van der Waals surface area contributed by atoms with E-state index in [1.54, 1.807) is 4.90 Å². The van der Waals surface area contributed by atoms with Crippen molar-refractivity contribution in [1.29, 1.82) is 0 Å². The fourth-order valence-electron chi connectivity index (χ4n) is 4.81. The molecule has 1 amide bonds. The first-order valence-corrected chi connectivity index (χ1v) is 8.72. The Morgan fingerprint density at radius 1 is 1.29 bits per heavy atom. The molecular weight excluding hydrogens is 310 g/mol. The van der Waals surface area contributed by atoms with E-state index in [-0.39, 0.29) is 35.2 Å². The van der Waals surface area contributed by atoms with Crippen molar-refractivity contribution in [3.05, 3.63) is 0 Å². The summed E-state index contributed by atoms with van der Waals surface area (Å²) in [6.45, 7) is 7.98. The highest BCUT2D eigenvalue weighted by molar-refractivity contribution is 6.03. The number of carbonyl (C=O) groups excluding carboxylic acids is 3. The molecule has 5 atom stereocenters. The molecule has 1 heterocycles. The number of methoxy groups -OCH3 is 1. The number of amides is 1. The largest absolute Gasteiger partial charge is 0.468 e. The highest BCUT2D eigenvalue weighted by Gasteiger charge is 2.68. The van der Waals surface area contributed by atoms with Crippen LogP contribution in [0.2, 0.25) is 0 Å². The highest BCUT2D eigenvalue weighted by atomic mass is 16.6. The van der Waals surface area contributed by atoms with Crippen molar-refractivity contribution in [1.82, 2.24) is 4.90 Å². The lowest BCUT2D eigenvalue weighted by Crippen LogP contribution is -2.49. The second-order valence-corrected chi connectivity index (χ2v) is 8.53. The van der Waals surface area contributed by atoms with Crippen molar-refractivity contribution in [3.8, 4) is 0 Å². The molecule has 0 N–H and O–H groups in total. The Labute approximate surface area is 142 Å². The number of hydrogen-bond acceptors (Lipinski definition) is 5. The third-order valence-electron chi connectivity index (χ3n) is 5.81. The van der Waals surface area contributed by atoms with E-state index in [4.69, 9.17) is 9.47 Å². The molecule has 2 aliphatic carbocycles. The van der Waals surface area contributed by atoms with Gasteiger partial charge < -0.3 is 14.4 Å². The molecule has 3 rings (SSSR count). The topological polar surface area (TPSA) is 72.9 Å². The molecule has 0 aromatic rings. The molecule has 1 saturated heterocycles. The van der Waals surface area contributed by atoms with Crippen LogP contribution in [0, 0.1) is 23.2 Å². The van der Waals surface area contributed by atoms with E-state index in [9.17, 15) is 14.4 Å². The standard InChI is InChI=1S/C18H27NO5/c1-10-9-18(13(14(10)20)15(21)23-5)6-7-19(12-8-11(12)18)16(22)24-17(2,3)4/h10-13H,6-9H2,1-5H3. The Morgan fingerprint density at radius 3 is 2.54 bits per heavy atom. The van der Waals surface area contributed by atoms with Crippen LogP contribution in [0.25, 0.3) is 0 Å². The molecular formula is C18H27NO5. The maximum Gasteiger partial charge on any atom is 0.410 e. The van der Waals surface area contributed by atoms with Crippen molar-refractivity contribution in [2.45, 2.75) is 58.6 Å². The van der Waals surface area contributed by atoms with Gasteiger partial charge in [0.05, 0.1) is 7.11 Å². The summed E-state index contributed by atoms with van der Waals surface area (Å²) < 4.78 is 10.4. The minimum atomic E-state index is -0.673. The van der Waals surface area contributed by atoms with Gasteiger partial charge in [0.15, 0.2) is 0 Å². The van der Waals surface area contributed by atoms with Gasteiger partial charge in [0.1, 0.15) is 17.3 Å². The van der Waals surface area contributed by atoms with Crippen LogP contribution in [0.3, 0.4) is 0 Å². The van der Waals surface area contributed by atoms with Gasteiger partial charge in [-0.15, -0.1) is 0 Å². The number of hydrogen-bond donors (Lipinski definition) is 0. The molecule has 3 fully saturated rings. The first-order chi connectivity index (χ1) is 11.1. The number of likely N-dealkylation sites (tertiary alicyclic amines) is 1. The van der Waals surface area contributed by atoms with Crippen LogP contribution in [0.15, 0.2) is 0 Å². The van der Waals surface area contributed by atoms with Crippen LogP contribution in [0.1, 0.15) is 47.0 Å². The van der Waals surface area contributed by atoms with Crippen LogP contribution < -0.4 is 0 Å². The van der Waals surface area contributed by atoms with E-state index in [0.29, 0.717) is 13.0 Å². The zero-order valence-corrected chi connectivity index (χ0v) is 15.1. The lowest BCUT2D eigenvalue weighted by atomic mass is 9.69. The maximum absolute atomic E-state index is 12.5. The summed E-state index contributed by atoms with van der Waals surface area (Å²) >= 11 is 0. The summed E-state index contributed by atoms with van der Waals surface area (Å²) in [6, 6.07) is 0.0823. The lowest BCUT2D eigenvalue weighted by Gasteiger charge is -2.41. The fraction of sp³-hybridized carbons (Fsp3) is 0.833. The minimum Gasteiger partial charge on any atom is -0.468 e. The normalized spacial score (nSPS) is 38.0. The van der Waals surface area contributed by atoms with Crippen molar-refractivity contribution in [2.24, 2.45) is 23.2 Å². The van der Waals surface area contributed by atoms with Crippen molar-refractivity contribution in [3.63, 3.8) is 0 Å². The molecule has 0 bridgehead atoms. The van der Waals surface area contributed by atoms with Crippen LogP contribution in [-0.4, -0.2) is 48.0 Å². The summed E-state index contributed by atoms with van der Waals surface area (Å²) in [7, 11) is 1.34. The van der Waals surface area contributed by atoms with Crippen LogP contribution in [0.4, 0.5) is 4.79 Å². The van der Waals surface area contributed by atoms with Gasteiger partial charge >= 0.3 is 12.1 Å². The number of nitrogens with zero attached hydrogens (tertiary/aromatic N) is 1. The fourth-order valence-corrected chi connectivity index (χ4v) is 4.81. The van der Waals surface area contributed by atoms with Crippen LogP contribution in [0.5, 0.6) is 0 Å². The first-order valence-electron chi connectivity index (χ1n) is 8.72.